The summed E-state index contributed by atoms with van der Waals surface area (Å²) in [7, 11) is 0. The number of ether oxygens (including phenoxy) is 1. The van der Waals surface area contributed by atoms with Gasteiger partial charge in [-0.2, -0.15) is 0 Å². The van der Waals surface area contributed by atoms with Gasteiger partial charge in [-0.15, -0.1) is 0 Å². The number of amides is 2. The lowest BCUT2D eigenvalue weighted by atomic mass is 10.1. The van der Waals surface area contributed by atoms with Gasteiger partial charge in [0.2, 0.25) is 11.7 Å². The molecule has 3 aromatic carbocycles. The predicted octanol–water partition coefficient (Wildman–Crippen LogP) is 4.98. The van der Waals surface area contributed by atoms with Gasteiger partial charge in [-0.1, -0.05) is 41.4 Å². The number of ketones is 1. The summed E-state index contributed by atoms with van der Waals surface area (Å²) in [6.45, 7) is 0.0288. The number of H-pyrrole nitrogens is 1. The number of halogens is 2. The van der Waals surface area contributed by atoms with Gasteiger partial charge in [-0.25, -0.2) is 9.69 Å². The number of para-hydroxylation sites is 1. The van der Waals surface area contributed by atoms with Crippen molar-refractivity contribution in [3.63, 3.8) is 0 Å². The highest BCUT2D eigenvalue weighted by molar-refractivity contribution is 6.36. The Morgan fingerprint density at radius 3 is 2.56 bits per heavy atom. The maximum Gasteiger partial charge on any atom is 0.338 e. The van der Waals surface area contributed by atoms with Gasteiger partial charge >= 0.3 is 5.97 Å². The molecule has 4 aromatic rings. The first-order valence-electron chi connectivity index (χ1n) is 12.2. The van der Waals surface area contributed by atoms with Crippen LogP contribution in [0.25, 0.3) is 10.9 Å². The predicted molar refractivity (Wildman–Crippen MR) is 148 cm³/mol. The van der Waals surface area contributed by atoms with Crippen LogP contribution in [0.5, 0.6) is 0 Å². The van der Waals surface area contributed by atoms with Gasteiger partial charge < -0.3 is 15.0 Å². The number of aromatic nitrogens is 1. The smallest absolute Gasteiger partial charge is 0.338 e. The Morgan fingerprint density at radius 1 is 1.03 bits per heavy atom. The molecule has 198 valence electrons. The first-order chi connectivity index (χ1) is 18.8. The van der Waals surface area contributed by atoms with Gasteiger partial charge in [0.15, 0.2) is 6.61 Å². The zero-order valence-electron chi connectivity index (χ0n) is 20.6. The number of Topliss-reactive ketones (excluding diaryl/α,β-unsaturated/α-hetero) is 1. The molecular weight excluding hydrogens is 541 g/mol. The third-order valence-electron chi connectivity index (χ3n) is 6.53. The molecule has 2 amide bonds. The van der Waals surface area contributed by atoms with E-state index in [1.807, 2.05) is 30.5 Å². The standard InChI is InChI=1S/C29H23Cl2N3O5/c30-19-7-10-22(23(31)13-19)26(35)16-39-29(38)17-5-8-20(9-6-17)34-27(36)14-25(28(34)37)32-12-11-18-15-33-24-4-2-1-3-21(18)24/h1-10,13,15,25,32-33H,11-12,14,16H2. The van der Waals surface area contributed by atoms with Crippen molar-refractivity contribution in [2.75, 3.05) is 18.1 Å². The monoisotopic (exact) mass is 563 g/mol. The van der Waals surface area contributed by atoms with Crippen LogP contribution in [0.15, 0.2) is 72.9 Å². The third-order valence-corrected chi connectivity index (χ3v) is 7.08. The van der Waals surface area contributed by atoms with Crippen LogP contribution in [-0.2, 0) is 20.7 Å². The molecule has 1 atom stereocenters. The number of fused-ring (bicyclic) bond motifs is 1. The van der Waals surface area contributed by atoms with Gasteiger partial charge in [0.05, 0.1) is 28.7 Å². The minimum absolute atomic E-state index is 0.0475. The lowest BCUT2D eigenvalue weighted by Crippen LogP contribution is -2.39. The highest BCUT2D eigenvalue weighted by atomic mass is 35.5. The fourth-order valence-corrected chi connectivity index (χ4v) is 5.05. The fraction of sp³-hybridized carbons (Fsp3) is 0.172. The first-order valence-corrected chi connectivity index (χ1v) is 13.0. The van der Waals surface area contributed by atoms with Crippen LogP contribution in [0, 0.1) is 0 Å². The number of benzene rings is 3. The fourth-order valence-electron chi connectivity index (χ4n) is 4.54. The summed E-state index contributed by atoms with van der Waals surface area (Å²) in [4.78, 5) is 54.8. The van der Waals surface area contributed by atoms with Gasteiger partial charge in [0, 0.05) is 34.2 Å². The number of carbonyl (C=O) groups excluding carboxylic acids is 4. The van der Waals surface area contributed by atoms with Crippen molar-refractivity contribution in [1.82, 2.24) is 10.3 Å². The van der Waals surface area contributed by atoms with Crippen molar-refractivity contribution in [1.29, 1.82) is 0 Å². The number of nitrogens with one attached hydrogen (secondary N) is 2. The molecule has 10 heteroatoms. The molecule has 0 radical (unpaired) electrons. The number of nitrogens with zero attached hydrogens (tertiary/aromatic N) is 1. The van der Waals surface area contributed by atoms with Crippen LogP contribution in [-0.4, -0.2) is 47.7 Å². The van der Waals surface area contributed by atoms with Crippen LogP contribution in [0.4, 0.5) is 5.69 Å². The third kappa shape index (κ3) is 5.73. The molecule has 1 aliphatic heterocycles. The van der Waals surface area contributed by atoms with Crippen LogP contribution < -0.4 is 10.2 Å². The van der Waals surface area contributed by atoms with E-state index in [2.05, 4.69) is 10.3 Å². The van der Waals surface area contributed by atoms with E-state index in [4.69, 9.17) is 27.9 Å². The number of rotatable bonds is 9. The van der Waals surface area contributed by atoms with E-state index in [1.54, 1.807) is 0 Å². The lowest BCUT2D eigenvalue weighted by Gasteiger charge is -2.16. The second-order valence-electron chi connectivity index (χ2n) is 9.06. The number of imide groups is 1. The van der Waals surface area contributed by atoms with Gasteiger partial charge in [-0.3, -0.25) is 14.4 Å². The molecule has 2 N–H and O–H groups in total. The molecule has 39 heavy (non-hydrogen) atoms. The van der Waals surface area contributed by atoms with Crippen LogP contribution in [0.1, 0.15) is 32.7 Å². The van der Waals surface area contributed by atoms with Gasteiger partial charge in [-0.05, 0) is 60.5 Å². The highest BCUT2D eigenvalue weighted by Gasteiger charge is 2.39. The molecule has 1 fully saturated rings. The summed E-state index contributed by atoms with van der Waals surface area (Å²) in [6, 6.07) is 17.7. The second-order valence-corrected chi connectivity index (χ2v) is 9.90. The maximum atomic E-state index is 13.0. The number of hydrogen-bond donors (Lipinski definition) is 2. The normalized spacial score (nSPS) is 15.2. The van der Waals surface area contributed by atoms with E-state index in [0.717, 1.165) is 21.4 Å². The maximum absolute atomic E-state index is 13.0. The number of aromatic amines is 1. The Bertz CT molecular complexity index is 1580. The number of anilines is 1. The summed E-state index contributed by atoms with van der Waals surface area (Å²) >= 11 is 11.9. The Morgan fingerprint density at radius 2 is 1.79 bits per heavy atom. The van der Waals surface area contributed by atoms with E-state index in [1.165, 1.54) is 42.5 Å². The summed E-state index contributed by atoms with van der Waals surface area (Å²) in [6.07, 6.45) is 2.70. The van der Waals surface area contributed by atoms with Crippen molar-refractivity contribution in [3.05, 3.63) is 99.7 Å². The Hall–Kier alpha value is -3.98. The second kappa shape index (κ2) is 11.4. The molecule has 1 aliphatic rings. The van der Waals surface area contributed by atoms with E-state index < -0.39 is 24.4 Å². The van der Waals surface area contributed by atoms with Crippen molar-refractivity contribution in [2.45, 2.75) is 18.9 Å². The van der Waals surface area contributed by atoms with E-state index >= 15 is 0 Å². The molecule has 2 heterocycles. The van der Waals surface area contributed by atoms with Gasteiger partial charge in [0.25, 0.3) is 5.91 Å². The Balaban J connectivity index is 1.16. The molecule has 1 unspecified atom stereocenters. The molecule has 0 bridgehead atoms. The average molecular weight is 564 g/mol. The van der Waals surface area contributed by atoms with Gasteiger partial charge in [0.1, 0.15) is 0 Å². The van der Waals surface area contributed by atoms with Crippen molar-refractivity contribution in [2.24, 2.45) is 0 Å². The first kappa shape index (κ1) is 26.6. The molecule has 1 aromatic heterocycles. The number of hydrogen-bond acceptors (Lipinski definition) is 6. The summed E-state index contributed by atoms with van der Waals surface area (Å²) in [5, 5.41) is 4.87. The van der Waals surface area contributed by atoms with E-state index in [0.29, 0.717) is 23.7 Å². The molecule has 0 saturated carbocycles. The zero-order chi connectivity index (χ0) is 27.5. The minimum Gasteiger partial charge on any atom is -0.454 e. The van der Waals surface area contributed by atoms with Crippen LogP contribution >= 0.6 is 23.2 Å². The van der Waals surface area contributed by atoms with E-state index in [-0.39, 0.29) is 34.4 Å². The largest absolute Gasteiger partial charge is 0.454 e. The van der Waals surface area contributed by atoms with Crippen molar-refractivity contribution < 1.29 is 23.9 Å². The Labute approximate surface area is 233 Å². The molecule has 1 saturated heterocycles. The average Bonchev–Trinajstić information content (AvgIpc) is 3.47. The Kier molecular flexibility index (Phi) is 7.79. The summed E-state index contributed by atoms with van der Waals surface area (Å²) < 4.78 is 5.12. The molecule has 0 spiro atoms. The molecule has 5 rings (SSSR count). The topological polar surface area (TPSA) is 109 Å². The lowest BCUT2D eigenvalue weighted by molar-refractivity contribution is -0.121. The SMILES string of the molecule is O=C(OCC(=O)c1ccc(Cl)cc1Cl)c1ccc(N2C(=O)CC(NCCc3c[nH]c4ccccc34)C2=O)cc1. The van der Waals surface area contributed by atoms with Crippen LogP contribution in [0.3, 0.4) is 0 Å². The molecule has 8 nitrogen and oxygen atoms in total. The molecule has 0 aliphatic carbocycles. The summed E-state index contributed by atoms with van der Waals surface area (Å²) in [5.41, 5.74) is 2.90. The molecular formula is C29H23Cl2N3O5. The summed E-state index contributed by atoms with van der Waals surface area (Å²) in [5.74, 6) is -1.88. The quantitative estimate of drug-likeness (QED) is 0.169. The number of esters is 1. The zero-order valence-corrected chi connectivity index (χ0v) is 22.1. The van der Waals surface area contributed by atoms with Crippen molar-refractivity contribution >= 4 is 63.4 Å². The highest BCUT2D eigenvalue weighted by Crippen LogP contribution is 2.25. The van der Waals surface area contributed by atoms with E-state index in [9.17, 15) is 19.2 Å². The van der Waals surface area contributed by atoms with Crippen LogP contribution in [0.2, 0.25) is 10.0 Å². The number of carbonyl (C=O) groups is 4. The minimum atomic E-state index is -0.726. The van der Waals surface area contributed by atoms with Crippen molar-refractivity contribution in [3.8, 4) is 0 Å².